The molecule has 9 heteroatoms. The fourth-order valence-corrected chi connectivity index (χ4v) is 2.60. The summed E-state index contributed by atoms with van der Waals surface area (Å²) in [6.45, 7) is 5.40. The number of rotatable bonds is 6. The van der Waals surface area contributed by atoms with Crippen LogP contribution in [0.1, 0.15) is 31.5 Å². The van der Waals surface area contributed by atoms with Gasteiger partial charge in [-0.05, 0) is 32.5 Å². The van der Waals surface area contributed by atoms with E-state index in [0.29, 0.717) is 13.0 Å². The summed E-state index contributed by atoms with van der Waals surface area (Å²) in [5.41, 5.74) is 6.56. The molecule has 25 heavy (non-hydrogen) atoms. The van der Waals surface area contributed by atoms with Gasteiger partial charge in [-0.2, -0.15) is 5.10 Å². The van der Waals surface area contributed by atoms with Crippen LogP contribution in [0.3, 0.4) is 0 Å². The van der Waals surface area contributed by atoms with Crippen LogP contribution in [-0.4, -0.2) is 31.3 Å². The molecule has 2 heterocycles. The lowest BCUT2D eigenvalue weighted by Gasteiger charge is -2.16. The second-order valence-corrected chi connectivity index (χ2v) is 5.34. The molecule has 0 amide bonds. The van der Waals surface area contributed by atoms with Gasteiger partial charge in [0, 0.05) is 18.4 Å². The van der Waals surface area contributed by atoms with Gasteiger partial charge in [0.1, 0.15) is 23.8 Å². The number of hydrogen-bond acceptors (Lipinski definition) is 6. The summed E-state index contributed by atoms with van der Waals surface area (Å²) in [5.74, 6) is 2.44. The Morgan fingerprint density at radius 1 is 1.20 bits per heavy atom. The molecule has 3 N–H and O–H groups in total. The number of anilines is 1. The first-order valence-corrected chi connectivity index (χ1v) is 7.83. The largest absolute Gasteiger partial charge is 0.360 e. The Hall–Kier alpha value is -1.96. The van der Waals surface area contributed by atoms with Gasteiger partial charge in [0.15, 0.2) is 0 Å². The number of aryl methyl sites for hydroxylation is 1. The fraction of sp³-hybridized carbons (Fsp3) is 0.375. The average Bonchev–Trinajstić information content (AvgIpc) is 3.04. The molecule has 3 aromatic rings. The lowest BCUT2D eigenvalue weighted by molar-refractivity contribution is 0.592. The lowest BCUT2D eigenvalue weighted by Crippen LogP contribution is -2.16. The normalized spacial score (nSPS) is 11.5. The van der Waals surface area contributed by atoms with Gasteiger partial charge in [-0.1, -0.05) is 12.1 Å². The topological polar surface area (TPSA) is 94.5 Å². The number of nitrogens with one attached hydrogen (secondary N) is 1. The number of nitrogens with two attached hydrogens (primary N) is 1. The van der Waals surface area contributed by atoms with Crippen molar-refractivity contribution in [3.8, 4) is 0 Å². The van der Waals surface area contributed by atoms with Crippen molar-refractivity contribution in [2.45, 2.75) is 32.9 Å². The number of nitrogens with zero attached hydrogens (tertiary/aromatic N) is 5. The zero-order chi connectivity index (χ0) is 16.2. The van der Waals surface area contributed by atoms with Crippen molar-refractivity contribution in [3.63, 3.8) is 0 Å². The highest BCUT2D eigenvalue weighted by molar-refractivity contribution is 5.89. The van der Waals surface area contributed by atoms with Gasteiger partial charge >= 0.3 is 0 Å². The second kappa shape index (κ2) is 9.50. The second-order valence-electron chi connectivity index (χ2n) is 5.34. The summed E-state index contributed by atoms with van der Waals surface area (Å²) in [5, 5.41) is 8.66. The van der Waals surface area contributed by atoms with E-state index < -0.39 is 0 Å². The number of fused-ring (bicyclic) bond motifs is 1. The zero-order valence-electron chi connectivity index (χ0n) is 14.2. The summed E-state index contributed by atoms with van der Waals surface area (Å²) < 4.78 is 1.88. The predicted molar refractivity (Wildman–Crippen MR) is 105 cm³/mol. The van der Waals surface area contributed by atoms with Crippen molar-refractivity contribution in [3.05, 3.63) is 42.2 Å². The number of benzene rings is 1. The molecule has 0 aliphatic rings. The standard InChI is InChI=1S/C16H21N7.2ClH/c1-3-23-16(18-10-19-23)11(2)20-15-12-6-4-5-7-13(12)21-14(22-15)8-9-17;;/h4-7,10-11H,3,8-9,17H2,1-2H3,(H,20,21,22);2*1H. The van der Waals surface area contributed by atoms with Crippen LogP contribution in [0.2, 0.25) is 0 Å². The van der Waals surface area contributed by atoms with Crippen molar-refractivity contribution in [2.24, 2.45) is 5.73 Å². The van der Waals surface area contributed by atoms with Crippen molar-refractivity contribution >= 4 is 41.5 Å². The predicted octanol–water partition coefficient (Wildman–Crippen LogP) is 2.76. The van der Waals surface area contributed by atoms with Crippen LogP contribution in [0, 0.1) is 0 Å². The first kappa shape index (κ1) is 21.1. The lowest BCUT2D eigenvalue weighted by atomic mass is 10.2. The molecular weight excluding hydrogens is 361 g/mol. The Bertz CT molecular complexity index is 806. The third-order valence-electron chi connectivity index (χ3n) is 3.70. The van der Waals surface area contributed by atoms with E-state index in [1.807, 2.05) is 35.9 Å². The molecule has 0 saturated carbocycles. The molecule has 0 aliphatic heterocycles. The average molecular weight is 384 g/mol. The Kier molecular flexibility index (Phi) is 8.02. The summed E-state index contributed by atoms with van der Waals surface area (Å²) in [7, 11) is 0. The van der Waals surface area contributed by atoms with E-state index in [1.54, 1.807) is 6.33 Å². The minimum absolute atomic E-state index is 0. The smallest absolute Gasteiger partial charge is 0.149 e. The zero-order valence-corrected chi connectivity index (χ0v) is 15.8. The number of aromatic nitrogens is 5. The maximum absolute atomic E-state index is 5.65. The van der Waals surface area contributed by atoms with Crippen molar-refractivity contribution < 1.29 is 0 Å². The van der Waals surface area contributed by atoms with Gasteiger partial charge in [0.05, 0.1) is 11.6 Å². The molecule has 3 rings (SSSR count). The quantitative estimate of drug-likeness (QED) is 0.679. The Morgan fingerprint density at radius 3 is 2.68 bits per heavy atom. The molecule has 1 unspecified atom stereocenters. The summed E-state index contributed by atoms with van der Waals surface area (Å²) in [4.78, 5) is 13.5. The molecule has 0 bridgehead atoms. The van der Waals surface area contributed by atoms with Gasteiger partial charge in [-0.25, -0.2) is 19.6 Å². The van der Waals surface area contributed by atoms with E-state index in [2.05, 4.69) is 32.3 Å². The molecule has 1 aromatic carbocycles. The van der Waals surface area contributed by atoms with E-state index >= 15 is 0 Å². The Morgan fingerprint density at radius 2 is 1.96 bits per heavy atom. The maximum Gasteiger partial charge on any atom is 0.149 e. The number of halogens is 2. The summed E-state index contributed by atoms with van der Waals surface area (Å²) >= 11 is 0. The van der Waals surface area contributed by atoms with Crippen molar-refractivity contribution in [1.29, 1.82) is 0 Å². The molecule has 2 aromatic heterocycles. The highest BCUT2D eigenvalue weighted by atomic mass is 35.5. The van der Waals surface area contributed by atoms with Crippen molar-refractivity contribution in [1.82, 2.24) is 24.7 Å². The molecule has 0 saturated heterocycles. The van der Waals surface area contributed by atoms with Crippen LogP contribution in [0.5, 0.6) is 0 Å². The van der Waals surface area contributed by atoms with Gasteiger partial charge in [-0.15, -0.1) is 24.8 Å². The van der Waals surface area contributed by atoms with E-state index in [0.717, 1.165) is 34.9 Å². The Balaban J connectivity index is 0.00000156. The fourth-order valence-electron chi connectivity index (χ4n) is 2.60. The van der Waals surface area contributed by atoms with Crippen LogP contribution in [0.25, 0.3) is 10.9 Å². The van der Waals surface area contributed by atoms with Crippen LogP contribution in [-0.2, 0) is 13.0 Å². The third-order valence-corrected chi connectivity index (χ3v) is 3.70. The minimum atomic E-state index is -0.0125. The molecule has 7 nitrogen and oxygen atoms in total. The first-order valence-electron chi connectivity index (χ1n) is 7.83. The molecule has 1 atom stereocenters. The highest BCUT2D eigenvalue weighted by Gasteiger charge is 2.15. The molecule has 0 aliphatic carbocycles. The Labute approximate surface area is 159 Å². The molecule has 0 fully saturated rings. The first-order chi connectivity index (χ1) is 11.2. The van der Waals surface area contributed by atoms with Gasteiger partial charge in [0.2, 0.25) is 0 Å². The molecule has 0 radical (unpaired) electrons. The number of hydrogen-bond donors (Lipinski definition) is 2. The van der Waals surface area contributed by atoms with Gasteiger partial charge in [-0.3, -0.25) is 0 Å². The van der Waals surface area contributed by atoms with Gasteiger partial charge < -0.3 is 11.1 Å². The van der Waals surface area contributed by atoms with Crippen LogP contribution >= 0.6 is 24.8 Å². The molecule has 136 valence electrons. The maximum atomic E-state index is 5.65. The summed E-state index contributed by atoms with van der Waals surface area (Å²) in [6.07, 6.45) is 2.23. The van der Waals surface area contributed by atoms with E-state index in [1.165, 1.54) is 0 Å². The highest BCUT2D eigenvalue weighted by Crippen LogP contribution is 2.24. The van der Waals surface area contributed by atoms with Crippen LogP contribution in [0.15, 0.2) is 30.6 Å². The van der Waals surface area contributed by atoms with Gasteiger partial charge in [0.25, 0.3) is 0 Å². The van der Waals surface area contributed by atoms with Crippen molar-refractivity contribution in [2.75, 3.05) is 11.9 Å². The molecular formula is C16H23Cl2N7. The monoisotopic (exact) mass is 383 g/mol. The van der Waals surface area contributed by atoms with Crippen LogP contribution < -0.4 is 11.1 Å². The van der Waals surface area contributed by atoms with E-state index in [9.17, 15) is 0 Å². The minimum Gasteiger partial charge on any atom is -0.360 e. The number of para-hydroxylation sites is 1. The third kappa shape index (κ3) is 4.56. The SMILES string of the molecule is CCn1ncnc1C(C)Nc1nc(CCN)nc2ccccc12.Cl.Cl. The summed E-state index contributed by atoms with van der Waals surface area (Å²) in [6, 6.07) is 7.95. The van der Waals surface area contributed by atoms with E-state index in [4.69, 9.17) is 5.73 Å². The van der Waals surface area contributed by atoms with Crippen LogP contribution in [0.4, 0.5) is 5.82 Å². The molecule has 0 spiro atoms. The van der Waals surface area contributed by atoms with E-state index in [-0.39, 0.29) is 30.9 Å².